The standard InChI is InChI=1S/C7H7N2O.AsF6/c1-10-7-4-2-6(9-8)3-5-7;2-1(3,4,5,6)7/h2-5H,1H3;/q+1;-1. The van der Waals surface area contributed by atoms with Crippen molar-refractivity contribution in [3.63, 3.8) is 0 Å². The average Bonchev–Trinajstić information content (AvgIpc) is 2.13. The molecular weight excluding hydrogens is 317 g/mol. The van der Waals surface area contributed by atoms with Gasteiger partial charge in [0.15, 0.2) is 4.98 Å². The van der Waals surface area contributed by atoms with E-state index in [9.17, 15) is 20.8 Å². The zero-order valence-electron chi connectivity index (χ0n) is 8.33. The topological polar surface area (TPSA) is 37.4 Å². The number of halogens is 6. The molecular formula is C7H7AsF6N2O. The summed E-state index contributed by atoms with van der Waals surface area (Å²) in [6.07, 6.45) is 0. The molecule has 10 heteroatoms. The molecule has 0 aliphatic heterocycles. The fraction of sp³-hybridized carbons (Fsp3) is 0.143. The zero-order chi connectivity index (χ0) is 13.8. The summed E-state index contributed by atoms with van der Waals surface area (Å²) < 4.78 is 64.3. The third-order valence-corrected chi connectivity index (χ3v) is 1.19. The van der Waals surface area contributed by atoms with Gasteiger partial charge < -0.3 is 4.74 Å². The molecule has 98 valence electrons. The summed E-state index contributed by atoms with van der Waals surface area (Å²) in [4.78, 5) is 2.99. The van der Waals surface area contributed by atoms with E-state index in [1.165, 1.54) is 0 Å². The third kappa shape index (κ3) is 14.6. The van der Waals surface area contributed by atoms with Gasteiger partial charge in [0.05, 0.1) is 7.11 Å². The Labute approximate surface area is 93.5 Å². The van der Waals surface area contributed by atoms with E-state index in [1.54, 1.807) is 31.4 Å². The second-order valence-electron chi connectivity index (χ2n) is 2.76. The Morgan fingerprint density at radius 1 is 1.00 bits per heavy atom. The van der Waals surface area contributed by atoms with Crippen molar-refractivity contribution in [1.29, 1.82) is 5.39 Å². The van der Waals surface area contributed by atoms with Gasteiger partial charge in [-0.15, -0.1) is 0 Å². The van der Waals surface area contributed by atoms with Crippen LogP contribution in [0.1, 0.15) is 0 Å². The van der Waals surface area contributed by atoms with E-state index in [2.05, 4.69) is 4.98 Å². The Morgan fingerprint density at radius 2 is 1.35 bits per heavy atom. The minimum atomic E-state index is -11.1. The molecule has 0 fully saturated rings. The van der Waals surface area contributed by atoms with Gasteiger partial charge >= 0.3 is 40.7 Å². The van der Waals surface area contributed by atoms with E-state index in [0.717, 1.165) is 5.75 Å². The second kappa shape index (κ2) is 4.11. The van der Waals surface area contributed by atoms with Gasteiger partial charge in [-0.1, -0.05) is 0 Å². The predicted molar refractivity (Wildman–Crippen MR) is 50.1 cm³/mol. The molecule has 0 unspecified atom stereocenters. The van der Waals surface area contributed by atoms with Crippen molar-refractivity contribution in [1.82, 2.24) is 0 Å². The summed E-state index contributed by atoms with van der Waals surface area (Å²) in [6, 6.07) is 6.79. The van der Waals surface area contributed by atoms with Crippen LogP contribution in [0.25, 0.3) is 4.98 Å². The van der Waals surface area contributed by atoms with E-state index in [1.807, 2.05) is 0 Å². The van der Waals surface area contributed by atoms with Gasteiger partial charge in [-0.25, -0.2) is 0 Å². The monoisotopic (exact) mass is 324 g/mol. The first-order valence-corrected chi connectivity index (χ1v) is 8.13. The van der Waals surface area contributed by atoms with Crippen molar-refractivity contribution in [3.05, 3.63) is 29.2 Å². The van der Waals surface area contributed by atoms with Gasteiger partial charge in [-0.3, -0.25) is 0 Å². The number of hydrogen-bond acceptors (Lipinski definition) is 2. The third-order valence-electron chi connectivity index (χ3n) is 1.19. The molecule has 0 aliphatic rings. The van der Waals surface area contributed by atoms with Crippen LogP contribution in [0.4, 0.5) is 26.5 Å². The van der Waals surface area contributed by atoms with Gasteiger partial charge in [0, 0.05) is 12.1 Å². The van der Waals surface area contributed by atoms with Crippen molar-refractivity contribution < 1.29 is 25.5 Å². The van der Waals surface area contributed by atoms with Crippen LogP contribution in [0.2, 0.25) is 0 Å². The van der Waals surface area contributed by atoms with Crippen molar-refractivity contribution in [2.75, 3.05) is 7.11 Å². The Morgan fingerprint density at radius 3 is 1.59 bits per heavy atom. The fourth-order valence-electron chi connectivity index (χ4n) is 0.649. The molecule has 0 aromatic heterocycles. The normalized spacial score (nSPS) is 14.5. The van der Waals surface area contributed by atoms with Gasteiger partial charge in [0.2, 0.25) is 5.39 Å². The number of rotatable bonds is 1. The van der Waals surface area contributed by atoms with Gasteiger partial charge in [0.25, 0.3) is 0 Å². The average molecular weight is 324 g/mol. The predicted octanol–water partition coefficient (Wildman–Crippen LogP) is 4.32. The molecule has 1 rings (SSSR count). The molecule has 0 heterocycles. The van der Waals surface area contributed by atoms with Gasteiger partial charge in [-0.2, -0.15) is 0 Å². The maximum absolute atomic E-state index is 11.1. The van der Waals surface area contributed by atoms with E-state index >= 15 is 0 Å². The Hall–Kier alpha value is -1.42. The zero-order valence-corrected chi connectivity index (χ0v) is 10.2. The molecule has 0 saturated carbocycles. The molecule has 0 bridgehead atoms. The van der Waals surface area contributed by atoms with Crippen molar-refractivity contribution >= 4 is 19.9 Å². The molecule has 1 aromatic rings. The van der Waals surface area contributed by atoms with E-state index in [-0.39, 0.29) is 0 Å². The summed E-state index contributed by atoms with van der Waals surface area (Å²) in [6.45, 7) is 0. The number of methoxy groups -OCH3 is 1. The van der Waals surface area contributed by atoms with Crippen LogP contribution in [0.3, 0.4) is 0 Å². The molecule has 0 radical (unpaired) electrons. The first-order valence-electron chi connectivity index (χ1n) is 3.87. The van der Waals surface area contributed by atoms with Crippen molar-refractivity contribution in [2.24, 2.45) is 0 Å². The number of nitrogens with zero attached hydrogens (tertiary/aromatic N) is 2. The van der Waals surface area contributed by atoms with Crippen molar-refractivity contribution in [2.45, 2.75) is 0 Å². The van der Waals surface area contributed by atoms with Crippen molar-refractivity contribution in [3.8, 4) is 5.75 Å². The molecule has 0 amide bonds. The Balaban J connectivity index is 0.000000325. The molecule has 0 N–H and O–H groups in total. The minimum absolute atomic E-state index is 0.529. The van der Waals surface area contributed by atoms with Crippen LogP contribution in [-0.2, 0) is 0 Å². The van der Waals surface area contributed by atoms with Crippen LogP contribution in [0, 0.1) is 5.39 Å². The van der Waals surface area contributed by atoms with Crippen LogP contribution >= 0.6 is 0 Å². The molecule has 0 atom stereocenters. The van der Waals surface area contributed by atoms with Crippen LogP contribution in [-0.4, -0.2) is 21.3 Å². The Kier molecular flexibility index (Phi) is 3.76. The second-order valence-corrected chi connectivity index (χ2v) is 6.78. The van der Waals surface area contributed by atoms with Crippen LogP contribution in [0.15, 0.2) is 24.3 Å². The number of ether oxygens (including phenoxy) is 1. The summed E-state index contributed by atoms with van der Waals surface area (Å²) in [5, 5.41) is 8.29. The van der Waals surface area contributed by atoms with Gasteiger partial charge in [0.1, 0.15) is 5.75 Å². The molecule has 3 nitrogen and oxygen atoms in total. The summed E-state index contributed by atoms with van der Waals surface area (Å²) >= 11 is -11.1. The fourth-order valence-corrected chi connectivity index (χ4v) is 0.649. The quantitative estimate of drug-likeness (QED) is 0.438. The van der Waals surface area contributed by atoms with E-state index in [4.69, 9.17) is 10.1 Å². The first kappa shape index (κ1) is 15.6. The van der Waals surface area contributed by atoms with Crippen LogP contribution < -0.4 is 4.74 Å². The summed E-state index contributed by atoms with van der Waals surface area (Å²) in [7, 11) is 1.59. The number of hydrogen-bond donors (Lipinski definition) is 0. The summed E-state index contributed by atoms with van der Waals surface area (Å²) in [5.74, 6) is 0.757. The molecule has 0 saturated heterocycles. The molecule has 0 aliphatic carbocycles. The SMILES string of the molecule is COc1ccc([N+]#N)cc1.F[As-](F)(F)(F)(F)F. The van der Waals surface area contributed by atoms with E-state index < -0.39 is 14.2 Å². The number of benzene rings is 1. The van der Waals surface area contributed by atoms with Gasteiger partial charge in [-0.05, 0) is 12.1 Å². The molecule has 0 spiro atoms. The van der Waals surface area contributed by atoms with Crippen LogP contribution in [0.5, 0.6) is 5.75 Å². The molecule has 1 aromatic carbocycles. The summed E-state index contributed by atoms with van der Waals surface area (Å²) in [5.41, 5.74) is 0.529. The Bertz CT molecular complexity index is 408. The maximum atomic E-state index is 9.91. The molecule has 17 heavy (non-hydrogen) atoms. The number of diazo groups is 1. The van der Waals surface area contributed by atoms with E-state index in [0.29, 0.717) is 5.69 Å². The first-order chi connectivity index (χ1) is 7.31.